The molecule has 0 spiro atoms. The van der Waals surface area contributed by atoms with Crippen LogP contribution in [0.4, 0.5) is 0 Å². The number of aliphatic hydroxyl groups excluding tert-OH is 2. The molecule has 0 bridgehead atoms. The van der Waals surface area contributed by atoms with Gasteiger partial charge in [0.2, 0.25) is 0 Å². The Morgan fingerprint density at radius 2 is 1.67 bits per heavy atom. The lowest BCUT2D eigenvalue weighted by molar-refractivity contribution is -0.142. The Bertz CT molecular complexity index is 245. The SMILES string of the molecule is C/C(=C/C(=O)OCCO)C(=O)OCCO. The van der Waals surface area contributed by atoms with Gasteiger partial charge in [0.25, 0.3) is 0 Å². The van der Waals surface area contributed by atoms with E-state index in [1.165, 1.54) is 6.92 Å². The summed E-state index contributed by atoms with van der Waals surface area (Å²) in [5.74, 6) is -1.41. The highest BCUT2D eigenvalue weighted by atomic mass is 16.5. The second-order valence-electron chi connectivity index (χ2n) is 2.58. The van der Waals surface area contributed by atoms with Gasteiger partial charge in [0, 0.05) is 11.6 Å². The van der Waals surface area contributed by atoms with Crippen molar-refractivity contribution in [1.82, 2.24) is 0 Å². The molecule has 0 aliphatic carbocycles. The third-order valence-electron chi connectivity index (χ3n) is 1.32. The molecule has 0 radical (unpaired) electrons. The van der Waals surface area contributed by atoms with Crippen molar-refractivity contribution in [2.45, 2.75) is 6.92 Å². The number of hydrogen-bond acceptors (Lipinski definition) is 6. The molecule has 6 heteroatoms. The molecule has 0 saturated heterocycles. The first-order valence-corrected chi connectivity index (χ1v) is 4.35. The third-order valence-corrected chi connectivity index (χ3v) is 1.32. The summed E-state index contributed by atoms with van der Waals surface area (Å²) in [5, 5.41) is 16.7. The zero-order valence-corrected chi connectivity index (χ0v) is 8.43. The number of carbonyl (C=O) groups is 2. The summed E-state index contributed by atoms with van der Waals surface area (Å²) in [6.07, 6.45) is 0.968. The van der Waals surface area contributed by atoms with Crippen LogP contribution < -0.4 is 0 Å². The van der Waals surface area contributed by atoms with Crippen LogP contribution in [0.3, 0.4) is 0 Å². The molecule has 0 rings (SSSR count). The predicted octanol–water partition coefficient (Wildman–Crippen LogP) is -0.996. The molecule has 15 heavy (non-hydrogen) atoms. The second-order valence-corrected chi connectivity index (χ2v) is 2.58. The summed E-state index contributed by atoms with van der Waals surface area (Å²) in [7, 11) is 0. The van der Waals surface area contributed by atoms with Gasteiger partial charge in [0.1, 0.15) is 13.2 Å². The van der Waals surface area contributed by atoms with Crippen LogP contribution in [0.2, 0.25) is 0 Å². The monoisotopic (exact) mass is 218 g/mol. The Kier molecular flexibility index (Phi) is 7.21. The number of rotatable bonds is 6. The molecular weight excluding hydrogens is 204 g/mol. The average molecular weight is 218 g/mol. The van der Waals surface area contributed by atoms with Gasteiger partial charge in [-0.15, -0.1) is 0 Å². The van der Waals surface area contributed by atoms with E-state index in [1.54, 1.807) is 0 Å². The van der Waals surface area contributed by atoms with Gasteiger partial charge in [-0.2, -0.15) is 0 Å². The van der Waals surface area contributed by atoms with Crippen molar-refractivity contribution in [3.63, 3.8) is 0 Å². The molecule has 0 aliphatic heterocycles. The normalized spacial score (nSPS) is 11.0. The standard InChI is InChI=1S/C9H14O6/c1-7(9(13)15-5-3-11)6-8(12)14-4-2-10/h6,10-11H,2-5H2,1H3/b7-6-. The highest BCUT2D eigenvalue weighted by Gasteiger charge is 2.08. The lowest BCUT2D eigenvalue weighted by Gasteiger charge is -2.02. The molecule has 0 heterocycles. The molecule has 0 aliphatic rings. The maximum Gasteiger partial charge on any atom is 0.334 e. The van der Waals surface area contributed by atoms with Crippen LogP contribution in [-0.2, 0) is 19.1 Å². The van der Waals surface area contributed by atoms with Gasteiger partial charge < -0.3 is 19.7 Å². The van der Waals surface area contributed by atoms with Crippen LogP contribution in [0.15, 0.2) is 11.6 Å². The Labute approximate surface area is 87.1 Å². The first-order chi connectivity index (χ1) is 7.11. The first-order valence-electron chi connectivity index (χ1n) is 4.35. The number of hydrogen-bond donors (Lipinski definition) is 2. The van der Waals surface area contributed by atoms with E-state index in [-0.39, 0.29) is 32.0 Å². The molecule has 0 saturated carbocycles. The van der Waals surface area contributed by atoms with E-state index in [4.69, 9.17) is 10.2 Å². The maximum atomic E-state index is 11.1. The minimum atomic E-state index is -0.720. The van der Waals surface area contributed by atoms with Crippen molar-refractivity contribution < 1.29 is 29.3 Å². The fourth-order valence-electron chi connectivity index (χ4n) is 0.676. The van der Waals surface area contributed by atoms with Gasteiger partial charge >= 0.3 is 11.9 Å². The van der Waals surface area contributed by atoms with E-state index in [0.29, 0.717) is 0 Å². The fourth-order valence-corrected chi connectivity index (χ4v) is 0.676. The van der Waals surface area contributed by atoms with Crippen molar-refractivity contribution in [2.75, 3.05) is 26.4 Å². The van der Waals surface area contributed by atoms with Gasteiger partial charge in [0.15, 0.2) is 0 Å². The molecule has 6 nitrogen and oxygen atoms in total. The zero-order valence-electron chi connectivity index (χ0n) is 8.43. The maximum absolute atomic E-state index is 11.1. The van der Waals surface area contributed by atoms with E-state index in [0.717, 1.165) is 6.08 Å². The molecule has 0 unspecified atom stereocenters. The third kappa shape index (κ3) is 6.64. The summed E-state index contributed by atoms with van der Waals surface area (Å²) in [4.78, 5) is 22.0. The number of esters is 2. The smallest absolute Gasteiger partial charge is 0.334 e. The molecule has 0 fully saturated rings. The highest BCUT2D eigenvalue weighted by Crippen LogP contribution is 1.97. The van der Waals surface area contributed by atoms with Crippen molar-refractivity contribution in [1.29, 1.82) is 0 Å². The Morgan fingerprint density at radius 3 is 2.20 bits per heavy atom. The zero-order chi connectivity index (χ0) is 11.7. The summed E-state index contributed by atoms with van der Waals surface area (Å²) < 4.78 is 9.04. The Morgan fingerprint density at radius 1 is 1.13 bits per heavy atom. The average Bonchev–Trinajstić information content (AvgIpc) is 2.22. The number of ether oxygens (including phenoxy) is 2. The molecule has 0 aromatic carbocycles. The molecular formula is C9H14O6. The molecule has 0 atom stereocenters. The van der Waals surface area contributed by atoms with Crippen molar-refractivity contribution in [2.24, 2.45) is 0 Å². The second kappa shape index (κ2) is 7.95. The lowest BCUT2D eigenvalue weighted by atomic mass is 10.3. The first kappa shape index (κ1) is 13.6. The van der Waals surface area contributed by atoms with Gasteiger partial charge in [-0.1, -0.05) is 0 Å². The van der Waals surface area contributed by atoms with Crippen LogP contribution in [-0.4, -0.2) is 48.6 Å². The summed E-state index contributed by atoms with van der Waals surface area (Å²) in [6, 6.07) is 0. The van der Waals surface area contributed by atoms with Gasteiger partial charge in [-0.25, -0.2) is 9.59 Å². The highest BCUT2D eigenvalue weighted by molar-refractivity contribution is 5.95. The quantitative estimate of drug-likeness (QED) is 0.439. The van der Waals surface area contributed by atoms with Gasteiger partial charge in [-0.05, 0) is 6.92 Å². The minimum Gasteiger partial charge on any atom is -0.460 e. The van der Waals surface area contributed by atoms with Crippen LogP contribution in [0.1, 0.15) is 6.92 Å². The van der Waals surface area contributed by atoms with Crippen LogP contribution in [0.25, 0.3) is 0 Å². The largest absolute Gasteiger partial charge is 0.460 e. The van der Waals surface area contributed by atoms with E-state index >= 15 is 0 Å². The number of carbonyl (C=O) groups excluding carboxylic acids is 2. The van der Waals surface area contributed by atoms with Crippen LogP contribution in [0, 0.1) is 0 Å². The number of aliphatic hydroxyl groups is 2. The van der Waals surface area contributed by atoms with Crippen molar-refractivity contribution >= 4 is 11.9 Å². The molecule has 0 amide bonds. The van der Waals surface area contributed by atoms with E-state index in [2.05, 4.69) is 9.47 Å². The Balaban J connectivity index is 4.05. The lowest BCUT2D eigenvalue weighted by Crippen LogP contribution is -2.12. The summed E-state index contributed by atoms with van der Waals surface area (Å²) >= 11 is 0. The van der Waals surface area contributed by atoms with Crippen LogP contribution >= 0.6 is 0 Å². The van der Waals surface area contributed by atoms with Gasteiger partial charge in [-0.3, -0.25) is 0 Å². The van der Waals surface area contributed by atoms with Crippen molar-refractivity contribution in [3.05, 3.63) is 11.6 Å². The Hall–Kier alpha value is -1.40. The fraction of sp³-hybridized carbons (Fsp3) is 0.556. The summed E-state index contributed by atoms with van der Waals surface area (Å²) in [6.45, 7) is 0.617. The topological polar surface area (TPSA) is 93.1 Å². The molecule has 86 valence electrons. The van der Waals surface area contributed by atoms with E-state index in [9.17, 15) is 9.59 Å². The van der Waals surface area contributed by atoms with E-state index in [1.807, 2.05) is 0 Å². The molecule has 2 N–H and O–H groups in total. The van der Waals surface area contributed by atoms with E-state index < -0.39 is 11.9 Å². The minimum absolute atomic E-state index is 0.0754. The van der Waals surface area contributed by atoms with Crippen LogP contribution in [0.5, 0.6) is 0 Å². The molecule has 0 aromatic heterocycles. The summed E-state index contributed by atoms with van der Waals surface area (Å²) in [5.41, 5.74) is 0.0754. The molecule has 0 aromatic rings. The van der Waals surface area contributed by atoms with Gasteiger partial charge in [0.05, 0.1) is 13.2 Å². The predicted molar refractivity (Wildman–Crippen MR) is 49.8 cm³/mol. The van der Waals surface area contributed by atoms with Crippen molar-refractivity contribution in [3.8, 4) is 0 Å².